The van der Waals surface area contributed by atoms with E-state index >= 15 is 0 Å². The number of rotatable bonds is 0. The van der Waals surface area contributed by atoms with Crippen molar-refractivity contribution in [2.75, 3.05) is 0 Å². The molecular weight excluding hydrogens is 118 g/mol. The zero-order valence-electron chi connectivity index (χ0n) is 4.75. The maximum Gasteiger partial charge on any atom is 0.0206 e. The predicted molar refractivity (Wildman–Crippen MR) is 39.1 cm³/mol. The summed E-state index contributed by atoms with van der Waals surface area (Å²) in [7, 11) is 0. The standard InChI is InChI=1S/C6H11NS/c7-5-3-1-2-4-6(5)8/h1-2,5-6,8H,3-4,7H2/t5-,6+/m1/s1. The minimum absolute atomic E-state index is 0.281. The summed E-state index contributed by atoms with van der Waals surface area (Å²) in [5, 5.41) is 0.389. The van der Waals surface area contributed by atoms with Crippen molar-refractivity contribution in [3.63, 3.8) is 0 Å². The van der Waals surface area contributed by atoms with Gasteiger partial charge < -0.3 is 5.73 Å². The van der Waals surface area contributed by atoms with Gasteiger partial charge in [-0.25, -0.2) is 0 Å². The molecular formula is C6H11NS. The molecule has 0 saturated heterocycles. The van der Waals surface area contributed by atoms with Gasteiger partial charge in [-0.15, -0.1) is 0 Å². The van der Waals surface area contributed by atoms with Gasteiger partial charge in [0.15, 0.2) is 0 Å². The van der Waals surface area contributed by atoms with Crippen molar-refractivity contribution in [1.29, 1.82) is 0 Å². The van der Waals surface area contributed by atoms with Gasteiger partial charge in [0.2, 0.25) is 0 Å². The topological polar surface area (TPSA) is 26.0 Å². The zero-order valence-corrected chi connectivity index (χ0v) is 5.64. The molecule has 0 aliphatic heterocycles. The smallest absolute Gasteiger partial charge is 0.0206 e. The highest BCUT2D eigenvalue weighted by atomic mass is 32.1. The lowest BCUT2D eigenvalue weighted by Gasteiger charge is -2.19. The number of nitrogens with two attached hydrogens (primary N) is 1. The summed E-state index contributed by atoms with van der Waals surface area (Å²) in [4.78, 5) is 0. The van der Waals surface area contributed by atoms with Crippen LogP contribution in [0, 0.1) is 0 Å². The highest BCUT2D eigenvalue weighted by Crippen LogP contribution is 2.14. The summed E-state index contributed by atoms with van der Waals surface area (Å²) in [5.74, 6) is 0. The SMILES string of the molecule is N[C@@H]1CC=CC[C@@H]1S. The van der Waals surface area contributed by atoms with Crippen LogP contribution in [0.15, 0.2) is 12.2 Å². The molecule has 1 nitrogen and oxygen atoms in total. The Hall–Kier alpha value is 0.0500. The van der Waals surface area contributed by atoms with Crippen LogP contribution in [0.2, 0.25) is 0 Å². The molecule has 0 saturated carbocycles. The van der Waals surface area contributed by atoms with E-state index in [1.54, 1.807) is 0 Å². The zero-order chi connectivity index (χ0) is 5.98. The first-order valence-corrected chi connectivity index (χ1v) is 3.41. The Morgan fingerprint density at radius 2 is 2.00 bits per heavy atom. The van der Waals surface area contributed by atoms with E-state index in [-0.39, 0.29) is 6.04 Å². The average molecular weight is 129 g/mol. The van der Waals surface area contributed by atoms with Crippen LogP contribution < -0.4 is 5.73 Å². The molecule has 0 bridgehead atoms. The predicted octanol–water partition coefficient (Wildman–Crippen LogP) is 0.962. The Morgan fingerprint density at radius 1 is 1.38 bits per heavy atom. The molecule has 0 amide bonds. The van der Waals surface area contributed by atoms with Gasteiger partial charge in [0.05, 0.1) is 0 Å². The lowest BCUT2D eigenvalue weighted by Crippen LogP contribution is -2.31. The highest BCUT2D eigenvalue weighted by Gasteiger charge is 2.12. The van der Waals surface area contributed by atoms with Gasteiger partial charge in [0.1, 0.15) is 0 Å². The first-order chi connectivity index (χ1) is 3.80. The lowest BCUT2D eigenvalue weighted by atomic mass is 10.0. The van der Waals surface area contributed by atoms with E-state index in [9.17, 15) is 0 Å². The molecule has 1 rings (SSSR count). The van der Waals surface area contributed by atoms with E-state index in [1.165, 1.54) is 0 Å². The van der Waals surface area contributed by atoms with Gasteiger partial charge in [0.25, 0.3) is 0 Å². The Morgan fingerprint density at radius 3 is 2.38 bits per heavy atom. The first-order valence-electron chi connectivity index (χ1n) is 2.89. The highest BCUT2D eigenvalue weighted by molar-refractivity contribution is 7.81. The van der Waals surface area contributed by atoms with E-state index in [0.717, 1.165) is 12.8 Å². The molecule has 0 unspecified atom stereocenters. The van der Waals surface area contributed by atoms with Gasteiger partial charge in [-0.1, -0.05) is 12.2 Å². The Balaban J connectivity index is 2.44. The minimum Gasteiger partial charge on any atom is -0.326 e. The van der Waals surface area contributed by atoms with Gasteiger partial charge in [-0.05, 0) is 12.8 Å². The lowest BCUT2D eigenvalue weighted by molar-refractivity contribution is 0.625. The first kappa shape index (κ1) is 6.17. The van der Waals surface area contributed by atoms with Crippen LogP contribution in [0.4, 0.5) is 0 Å². The molecule has 2 atom stereocenters. The van der Waals surface area contributed by atoms with Crippen LogP contribution in [0.25, 0.3) is 0 Å². The van der Waals surface area contributed by atoms with Gasteiger partial charge in [0, 0.05) is 11.3 Å². The van der Waals surface area contributed by atoms with Gasteiger partial charge in [-0.2, -0.15) is 12.6 Å². The maximum atomic E-state index is 5.65. The fourth-order valence-corrected chi connectivity index (χ4v) is 1.06. The fourth-order valence-electron chi connectivity index (χ4n) is 0.821. The Labute approximate surface area is 55.4 Å². The third kappa shape index (κ3) is 1.26. The molecule has 0 heterocycles. The molecule has 2 N–H and O–H groups in total. The monoisotopic (exact) mass is 129 g/mol. The van der Waals surface area contributed by atoms with Crippen molar-refractivity contribution in [3.8, 4) is 0 Å². The summed E-state index contributed by atoms with van der Waals surface area (Å²) in [6.45, 7) is 0. The molecule has 2 heteroatoms. The Bertz CT molecular complexity index is 88.7. The van der Waals surface area contributed by atoms with Gasteiger partial charge >= 0.3 is 0 Å². The molecule has 8 heavy (non-hydrogen) atoms. The van der Waals surface area contributed by atoms with E-state index in [4.69, 9.17) is 5.73 Å². The number of hydrogen-bond acceptors (Lipinski definition) is 2. The van der Waals surface area contributed by atoms with Crippen molar-refractivity contribution in [1.82, 2.24) is 0 Å². The van der Waals surface area contributed by atoms with Crippen molar-refractivity contribution in [2.24, 2.45) is 5.73 Å². The van der Waals surface area contributed by atoms with Crippen LogP contribution in [-0.4, -0.2) is 11.3 Å². The number of allylic oxidation sites excluding steroid dienone is 1. The molecule has 1 aliphatic carbocycles. The summed E-state index contributed by atoms with van der Waals surface area (Å²) < 4.78 is 0. The maximum absolute atomic E-state index is 5.65. The molecule has 0 aromatic heterocycles. The molecule has 0 fully saturated rings. The third-order valence-corrected chi connectivity index (χ3v) is 2.04. The van der Waals surface area contributed by atoms with Crippen LogP contribution in [-0.2, 0) is 0 Å². The minimum atomic E-state index is 0.281. The summed E-state index contributed by atoms with van der Waals surface area (Å²) in [6.07, 6.45) is 6.29. The second-order valence-electron chi connectivity index (χ2n) is 2.17. The van der Waals surface area contributed by atoms with Crippen molar-refractivity contribution in [3.05, 3.63) is 12.2 Å². The molecule has 0 spiro atoms. The van der Waals surface area contributed by atoms with Crippen LogP contribution in [0.3, 0.4) is 0 Å². The van der Waals surface area contributed by atoms with E-state index < -0.39 is 0 Å². The molecule has 46 valence electrons. The van der Waals surface area contributed by atoms with Crippen molar-refractivity contribution < 1.29 is 0 Å². The molecule has 0 aromatic rings. The number of hydrogen-bond donors (Lipinski definition) is 2. The normalized spacial score (nSPS) is 37.8. The third-order valence-electron chi connectivity index (χ3n) is 1.45. The largest absolute Gasteiger partial charge is 0.326 e. The Kier molecular flexibility index (Phi) is 1.97. The molecule has 1 aliphatic rings. The average Bonchev–Trinajstić information content (AvgIpc) is 1.77. The van der Waals surface area contributed by atoms with Crippen molar-refractivity contribution in [2.45, 2.75) is 24.1 Å². The van der Waals surface area contributed by atoms with Crippen LogP contribution in [0.5, 0.6) is 0 Å². The second kappa shape index (κ2) is 2.55. The summed E-state index contributed by atoms with van der Waals surface area (Å²) in [6, 6.07) is 0.281. The quantitative estimate of drug-likeness (QED) is 0.370. The number of thiol groups is 1. The summed E-state index contributed by atoms with van der Waals surface area (Å²) in [5.41, 5.74) is 5.65. The van der Waals surface area contributed by atoms with Crippen molar-refractivity contribution >= 4 is 12.6 Å². The fraction of sp³-hybridized carbons (Fsp3) is 0.667. The van der Waals surface area contributed by atoms with Gasteiger partial charge in [-0.3, -0.25) is 0 Å². The van der Waals surface area contributed by atoms with E-state index in [2.05, 4.69) is 24.8 Å². The molecule has 0 aromatic carbocycles. The van der Waals surface area contributed by atoms with Crippen LogP contribution in [0.1, 0.15) is 12.8 Å². The van der Waals surface area contributed by atoms with E-state index in [0.29, 0.717) is 5.25 Å². The second-order valence-corrected chi connectivity index (χ2v) is 2.84. The van der Waals surface area contributed by atoms with E-state index in [1.807, 2.05) is 0 Å². The summed E-state index contributed by atoms with van der Waals surface area (Å²) >= 11 is 4.28. The van der Waals surface area contributed by atoms with Crippen LogP contribution >= 0.6 is 12.6 Å². The molecule has 0 radical (unpaired) electrons.